The van der Waals surface area contributed by atoms with E-state index in [0.29, 0.717) is 0 Å². The molecule has 98 valence electrons. The Morgan fingerprint density at radius 2 is 2.22 bits per heavy atom. The third-order valence-corrected chi connectivity index (χ3v) is 4.46. The fourth-order valence-corrected chi connectivity index (χ4v) is 3.39. The molecule has 2 aliphatic rings. The molecule has 1 atom stereocenters. The molecule has 0 aliphatic carbocycles. The van der Waals surface area contributed by atoms with Gasteiger partial charge in [0, 0.05) is 30.5 Å². The Balaban J connectivity index is 1.86. The van der Waals surface area contributed by atoms with Crippen molar-refractivity contribution in [3.8, 4) is 0 Å². The summed E-state index contributed by atoms with van der Waals surface area (Å²) in [6.45, 7) is 4.69. The number of nitrogens with zero attached hydrogens (tertiary/aromatic N) is 1. The molecular weight excluding hydrogens is 220 g/mol. The van der Waals surface area contributed by atoms with E-state index in [-0.39, 0.29) is 0 Å². The minimum absolute atomic E-state index is 0.750. The van der Waals surface area contributed by atoms with Crippen LogP contribution in [-0.4, -0.2) is 19.1 Å². The van der Waals surface area contributed by atoms with Gasteiger partial charge in [-0.2, -0.15) is 0 Å². The van der Waals surface area contributed by atoms with Gasteiger partial charge in [0.25, 0.3) is 0 Å². The third kappa shape index (κ3) is 2.21. The number of anilines is 2. The molecule has 1 fully saturated rings. The minimum atomic E-state index is 0.750. The van der Waals surface area contributed by atoms with Crippen molar-refractivity contribution in [2.45, 2.75) is 51.5 Å². The first-order valence-electron chi connectivity index (χ1n) is 7.52. The third-order valence-electron chi connectivity index (χ3n) is 4.46. The molecule has 0 saturated carbocycles. The molecule has 2 heterocycles. The highest BCUT2D eigenvalue weighted by Crippen LogP contribution is 2.31. The van der Waals surface area contributed by atoms with Gasteiger partial charge in [0.15, 0.2) is 0 Å². The average Bonchev–Trinajstić information content (AvgIpc) is 2.46. The predicted octanol–water partition coefficient (Wildman–Crippen LogP) is 3.81. The number of hydrogen-bond donors (Lipinski definition) is 1. The maximum atomic E-state index is 3.55. The number of rotatable bonds is 2. The van der Waals surface area contributed by atoms with Gasteiger partial charge in [0.2, 0.25) is 0 Å². The molecule has 1 aromatic rings. The van der Waals surface area contributed by atoms with Gasteiger partial charge in [0.1, 0.15) is 0 Å². The topological polar surface area (TPSA) is 15.3 Å². The molecule has 2 aliphatic heterocycles. The molecule has 18 heavy (non-hydrogen) atoms. The van der Waals surface area contributed by atoms with E-state index >= 15 is 0 Å². The number of aryl methyl sites for hydroxylation is 1. The second-order valence-corrected chi connectivity index (χ2v) is 5.62. The lowest BCUT2D eigenvalue weighted by Gasteiger charge is -2.37. The van der Waals surface area contributed by atoms with Gasteiger partial charge in [-0.15, -0.1) is 0 Å². The molecule has 1 saturated heterocycles. The van der Waals surface area contributed by atoms with Crippen LogP contribution < -0.4 is 10.2 Å². The van der Waals surface area contributed by atoms with Crippen LogP contribution >= 0.6 is 0 Å². The number of piperidine rings is 1. The normalized spacial score (nSPS) is 23.4. The van der Waals surface area contributed by atoms with E-state index < -0.39 is 0 Å². The summed E-state index contributed by atoms with van der Waals surface area (Å²) in [4.78, 5) is 2.63. The summed E-state index contributed by atoms with van der Waals surface area (Å²) in [6, 6.07) is 7.79. The maximum Gasteiger partial charge on any atom is 0.0393 e. The SMILES string of the molecule is CCC1CCCCN1c1ccc2c(c1)NCCC2. The summed E-state index contributed by atoms with van der Waals surface area (Å²) in [5.41, 5.74) is 4.30. The number of hydrogen-bond acceptors (Lipinski definition) is 2. The van der Waals surface area contributed by atoms with E-state index in [1.54, 1.807) is 0 Å². The monoisotopic (exact) mass is 244 g/mol. The predicted molar refractivity (Wildman–Crippen MR) is 78.5 cm³/mol. The summed E-state index contributed by atoms with van der Waals surface area (Å²) in [5.74, 6) is 0. The molecule has 0 amide bonds. The van der Waals surface area contributed by atoms with Crippen molar-refractivity contribution < 1.29 is 0 Å². The lowest BCUT2D eigenvalue weighted by Crippen LogP contribution is -2.39. The van der Waals surface area contributed by atoms with Crippen LogP contribution in [0.1, 0.15) is 44.6 Å². The molecule has 1 N–H and O–H groups in total. The van der Waals surface area contributed by atoms with Crippen LogP contribution in [0.15, 0.2) is 18.2 Å². The van der Waals surface area contributed by atoms with Crippen molar-refractivity contribution in [1.82, 2.24) is 0 Å². The van der Waals surface area contributed by atoms with Gasteiger partial charge < -0.3 is 10.2 Å². The Morgan fingerprint density at radius 3 is 3.11 bits per heavy atom. The van der Waals surface area contributed by atoms with Gasteiger partial charge in [0.05, 0.1) is 0 Å². The molecular formula is C16H24N2. The lowest BCUT2D eigenvalue weighted by atomic mass is 9.97. The van der Waals surface area contributed by atoms with Gasteiger partial charge in [-0.1, -0.05) is 13.0 Å². The van der Waals surface area contributed by atoms with Crippen LogP contribution in [-0.2, 0) is 6.42 Å². The fraction of sp³-hybridized carbons (Fsp3) is 0.625. The van der Waals surface area contributed by atoms with Crippen LogP contribution in [0.3, 0.4) is 0 Å². The molecule has 2 heteroatoms. The Labute approximate surface area is 110 Å². The second kappa shape index (κ2) is 5.21. The fourth-order valence-electron chi connectivity index (χ4n) is 3.39. The Morgan fingerprint density at radius 1 is 1.28 bits per heavy atom. The molecule has 2 nitrogen and oxygen atoms in total. The zero-order valence-electron chi connectivity index (χ0n) is 11.4. The molecule has 0 bridgehead atoms. The summed E-state index contributed by atoms with van der Waals surface area (Å²) >= 11 is 0. The summed E-state index contributed by atoms with van der Waals surface area (Å²) < 4.78 is 0. The zero-order valence-corrected chi connectivity index (χ0v) is 11.4. The first-order valence-corrected chi connectivity index (χ1v) is 7.52. The number of nitrogens with one attached hydrogen (secondary N) is 1. The molecule has 1 aromatic carbocycles. The minimum Gasteiger partial charge on any atom is -0.385 e. The highest BCUT2D eigenvalue weighted by molar-refractivity contribution is 5.63. The number of fused-ring (bicyclic) bond motifs is 1. The smallest absolute Gasteiger partial charge is 0.0393 e. The molecule has 0 radical (unpaired) electrons. The number of benzene rings is 1. The molecule has 1 unspecified atom stereocenters. The van der Waals surface area contributed by atoms with Gasteiger partial charge >= 0.3 is 0 Å². The standard InChI is InChI=1S/C16H24N2/c1-2-14-7-3-4-11-18(14)15-9-8-13-6-5-10-17-16(13)12-15/h8-9,12,14,17H,2-7,10-11H2,1H3. The van der Waals surface area contributed by atoms with E-state index in [1.807, 2.05) is 0 Å². The van der Waals surface area contributed by atoms with E-state index in [0.717, 1.165) is 12.6 Å². The van der Waals surface area contributed by atoms with Crippen LogP contribution in [0.25, 0.3) is 0 Å². The van der Waals surface area contributed by atoms with Crippen molar-refractivity contribution in [3.63, 3.8) is 0 Å². The summed E-state index contributed by atoms with van der Waals surface area (Å²) in [6.07, 6.45) is 7.89. The Bertz CT molecular complexity index is 414. The van der Waals surface area contributed by atoms with Crippen LogP contribution in [0.2, 0.25) is 0 Å². The van der Waals surface area contributed by atoms with Crippen LogP contribution in [0, 0.1) is 0 Å². The van der Waals surface area contributed by atoms with Gasteiger partial charge in [-0.05, 0) is 56.2 Å². The summed E-state index contributed by atoms with van der Waals surface area (Å²) in [5, 5.41) is 3.55. The van der Waals surface area contributed by atoms with Crippen molar-refractivity contribution in [3.05, 3.63) is 23.8 Å². The van der Waals surface area contributed by atoms with E-state index in [1.165, 1.54) is 62.0 Å². The largest absolute Gasteiger partial charge is 0.385 e. The van der Waals surface area contributed by atoms with E-state index in [2.05, 4.69) is 35.3 Å². The molecule has 0 spiro atoms. The molecule has 0 aromatic heterocycles. The lowest BCUT2D eigenvalue weighted by molar-refractivity contribution is 0.450. The first-order chi connectivity index (χ1) is 8.88. The van der Waals surface area contributed by atoms with E-state index in [9.17, 15) is 0 Å². The Kier molecular flexibility index (Phi) is 3.44. The van der Waals surface area contributed by atoms with Gasteiger partial charge in [-0.3, -0.25) is 0 Å². The van der Waals surface area contributed by atoms with Crippen molar-refractivity contribution in [2.75, 3.05) is 23.3 Å². The highest BCUT2D eigenvalue weighted by Gasteiger charge is 2.22. The van der Waals surface area contributed by atoms with Crippen LogP contribution in [0.4, 0.5) is 11.4 Å². The highest BCUT2D eigenvalue weighted by atomic mass is 15.2. The average molecular weight is 244 g/mol. The van der Waals surface area contributed by atoms with Crippen molar-refractivity contribution >= 4 is 11.4 Å². The Hall–Kier alpha value is -1.18. The maximum absolute atomic E-state index is 3.55. The first kappa shape index (κ1) is 11.9. The quantitative estimate of drug-likeness (QED) is 0.851. The zero-order chi connectivity index (χ0) is 12.4. The van der Waals surface area contributed by atoms with Crippen molar-refractivity contribution in [2.24, 2.45) is 0 Å². The van der Waals surface area contributed by atoms with Crippen molar-refractivity contribution in [1.29, 1.82) is 0 Å². The second-order valence-electron chi connectivity index (χ2n) is 5.62. The van der Waals surface area contributed by atoms with E-state index in [4.69, 9.17) is 0 Å². The van der Waals surface area contributed by atoms with Crippen LogP contribution in [0.5, 0.6) is 0 Å². The van der Waals surface area contributed by atoms with Gasteiger partial charge in [-0.25, -0.2) is 0 Å². The summed E-state index contributed by atoms with van der Waals surface area (Å²) in [7, 11) is 0. The molecule has 3 rings (SSSR count).